The highest BCUT2D eigenvalue weighted by molar-refractivity contribution is 9.10. The lowest BCUT2D eigenvalue weighted by Gasteiger charge is -2.08. The first-order valence-electron chi connectivity index (χ1n) is 6.25. The van der Waals surface area contributed by atoms with Crippen LogP contribution < -0.4 is 10.1 Å². The first-order valence-corrected chi connectivity index (χ1v) is 7.04. The highest BCUT2D eigenvalue weighted by atomic mass is 79.9. The molecule has 0 aliphatic carbocycles. The van der Waals surface area contributed by atoms with Gasteiger partial charge in [-0.1, -0.05) is 6.07 Å². The molecule has 0 atom stereocenters. The van der Waals surface area contributed by atoms with Gasteiger partial charge in [-0.05, 0) is 46.7 Å². The van der Waals surface area contributed by atoms with Gasteiger partial charge in [-0.15, -0.1) is 0 Å². The number of halogens is 1. The fraction of sp³-hybridized carbons (Fsp3) is 0.214. The van der Waals surface area contributed by atoms with Gasteiger partial charge in [0, 0.05) is 23.3 Å². The SMILES string of the molecule is CNCc1ccc(OCc2ccc(Br)cn2)c([N+](=O)[O-])c1. The van der Waals surface area contributed by atoms with Crippen LogP contribution in [0.1, 0.15) is 11.3 Å². The third-order valence-electron chi connectivity index (χ3n) is 2.77. The molecule has 0 radical (unpaired) electrons. The molecule has 0 bridgehead atoms. The lowest BCUT2D eigenvalue weighted by Crippen LogP contribution is -2.06. The minimum absolute atomic E-state index is 0.0418. The molecule has 0 unspecified atom stereocenters. The van der Waals surface area contributed by atoms with E-state index >= 15 is 0 Å². The summed E-state index contributed by atoms with van der Waals surface area (Å²) in [6, 6.07) is 8.57. The van der Waals surface area contributed by atoms with Crippen molar-refractivity contribution in [2.45, 2.75) is 13.2 Å². The summed E-state index contributed by atoms with van der Waals surface area (Å²) in [4.78, 5) is 14.8. The standard InChI is InChI=1S/C14H14BrN3O3/c1-16-7-10-2-5-14(13(6-10)18(19)20)21-9-12-4-3-11(15)8-17-12/h2-6,8,16H,7,9H2,1H3. The van der Waals surface area contributed by atoms with Crippen molar-refractivity contribution in [3.05, 3.63) is 62.4 Å². The van der Waals surface area contributed by atoms with Crippen molar-refractivity contribution in [1.29, 1.82) is 0 Å². The Balaban J connectivity index is 2.15. The van der Waals surface area contributed by atoms with Crippen molar-refractivity contribution in [3.8, 4) is 5.75 Å². The zero-order valence-corrected chi connectivity index (χ0v) is 13.0. The van der Waals surface area contributed by atoms with Crippen LogP contribution >= 0.6 is 15.9 Å². The summed E-state index contributed by atoms with van der Waals surface area (Å²) in [5.74, 6) is 0.240. The zero-order chi connectivity index (χ0) is 15.2. The number of hydrogen-bond donors (Lipinski definition) is 1. The molecule has 1 N–H and O–H groups in total. The van der Waals surface area contributed by atoms with Crippen LogP contribution in [0.4, 0.5) is 5.69 Å². The molecule has 1 aromatic carbocycles. The van der Waals surface area contributed by atoms with Gasteiger partial charge in [0.15, 0.2) is 5.75 Å². The first-order chi connectivity index (χ1) is 10.1. The number of nitro groups is 1. The van der Waals surface area contributed by atoms with E-state index < -0.39 is 4.92 Å². The first kappa shape index (κ1) is 15.4. The van der Waals surface area contributed by atoms with Crippen molar-refractivity contribution in [2.24, 2.45) is 0 Å². The minimum atomic E-state index is -0.441. The normalized spacial score (nSPS) is 10.4. The Labute approximate surface area is 130 Å². The fourth-order valence-electron chi connectivity index (χ4n) is 1.79. The van der Waals surface area contributed by atoms with Crippen LogP contribution in [-0.4, -0.2) is 17.0 Å². The van der Waals surface area contributed by atoms with Crippen molar-refractivity contribution in [1.82, 2.24) is 10.3 Å². The summed E-state index contributed by atoms with van der Waals surface area (Å²) in [6.45, 7) is 0.745. The lowest BCUT2D eigenvalue weighted by molar-refractivity contribution is -0.386. The summed E-state index contributed by atoms with van der Waals surface area (Å²) in [5, 5.41) is 14.1. The average molecular weight is 352 g/mol. The van der Waals surface area contributed by atoms with Crippen molar-refractivity contribution in [3.63, 3.8) is 0 Å². The van der Waals surface area contributed by atoms with Gasteiger partial charge in [0.2, 0.25) is 0 Å². The van der Waals surface area contributed by atoms with E-state index in [0.29, 0.717) is 12.2 Å². The molecule has 0 amide bonds. The van der Waals surface area contributed by atoms with Crippen LogP contribution in [0.25, 0.3) is 0 Å². The van der Waals surface area contributed by atoms with Gasteiger partial charge in [0.25, 0.3) is 0 Å². The Hall–Kier alpha value is -1.99. The predicted molar refractivity (Wildman–Crippen MR) is 82.1 cm³/mol. The molecule has 6 nitrogen and oxygen atoms in total. The monoisotopic (exact) mass is 351 g/mol. The third kappa shape index (κ3) is 4.24. The second-order valence-corrected chi connectivity index (χ2v) is 5.26. The largest absolute Gasteiger partial charge is 0.480 e. The maximum atomic E-state index is 11.1. The lowest BCUT2D eigenvalue weighted by atomic mass is 10.2. The molecular weight excluding hydrogens is 338 g/mol. The maximum Gasteiger partial charge on any atom is 0.311 e. The molecule has 0 aliphatic rings. The van der Waals surface area contributed by atoms with E-state index in [2.05, 4.69) is 26.2 Å². The molecule has 1 aromatic heterocycles. The number of ether oxygens (including phenoxy) is 1. The summed E-state index contributed by atoms with van der Waals surface area (Å²) < 4.78 is 6.39. The number of pyridine rings is 1. The van der Waals surface area contributed by atoms with Crippen molar-refractivity contribution < 1.29 is 9.66 Å². The van der Waals surface area contributed by atoms with Crippen LogP contribution in [0.2, 0.25) is 0 Å². The second-order valence-electron chi connectivity index (χ2n) is 4.35. The van der Waals surface area contributed by atoms with E-state index in [1.165, 1.54) is 6.07 Å². The molecule has 0 aliphatic heterocycles. The van der Waals surface area contributed by atoms with Gasteiger partial charge in [0.05, 0.1) is 10.6 Å². The van der Waals surface area contributed by atoms with Gasteiger partial charge in [-0.25, -0.2) is 0 Å². The average Bonchev–Trinajstić information content (AvgIpc) is 2.47. The third-order valence-corrected chi connectivity index (χ3v) is 3.23. The molecular formula is C14H14BrN3O3. The van der Waals surface area contributed by atoms with E-state index in [4.69, 9.17) is 4.74 Å². The Bertz CT molecular complexity index is 632. The van der Waals surface area contributed by atoms with E-state index in [0.717, 1.165) is 10.0 Å². The molecule has 1 heterocycles. The smallest absolute Gasteiger partial charge is 0.311 e. The molecule has 110 valence electrons. The number of rotatable bonds is 6. The van der Waals surface area contributed by atoms with Crippen molar-refractivity contribution >= 4 is 21.6 Å². The number of nitro benzene ring substituents is 1. The van der Waals surface area contributed by atoms with Crippen LogP contribution in [0.15, 0.2) is 41.0 Å². The maximum absolute atomic E-state index is 11.1. The number of nitrogens with zero attached hydrogens (tertiary/aromatic N) is 2. The molecule has 0 saturated heterocycles. The van der Waals surface area contributed by atoms with Crippen molar-refractivity contribution in [2.75, 3.05) is 7.05 Å². The van der Waals surface area contributed by atoms with Crippen LogP contribution in [0, 0.1) is 10.1 Å². The molecule has 0 saturated carbocycles. The molecule has 21 heavy (non-hydrogen) atoms. The Morgan fingerprint density at radius 2 is 2.19 bits per heavy atom. The topological polar surface area (TPSA) is 77.3 Å². The highest BCUT2D eigenvalue weighted by Crippen LogP contribution is 2.28. The number of hydrogen-bond acceptors (Lipinski definition) is 5. The highest BCUT2D eigenvalue weighted by Gasteiger charge is 2.16. The minimum Gasteiger partial charge on any atom is -0.480 e. The van der Waals surface area contributed by atoms with E-state index in [1.54, 1.807) is 31.4 Å². The Kier molecular flexibility index (Phi) is 5.24. The van der Waals surface area contributed by atoms with E-state index in [9.17, 15) is 10.1 Å². The Morgan fingerprint density at radius 3 is 2.81 bits per heavy atom. The van der Waals surface area contributed by atoms with Gasteiger partial charge in [-0.3, -0.25) is 15.1 Å². The second kappa shape index (κ2) is 7.14. The van der Waals surface area contributed by atoms with Gasteiger partial charge >= 0.3 is 5.69 Å². The Morgan fingerprint density at radius 1 is 1.38 bits per heavy atom. The number of benzene rings is 1. The molecule has 0 spiro atoms. The molecule has 7 heteroatoms. The summed E-state index contributed by atoms with van der Waals surface area (Å²) in [6.07, 6.45) is 1.66. The molecule has 2 aromatic rings. The summed E-state index contributed by atoms with van der Waals surface area (Å²) in [5.41, 5.74) is 1.49. The van der Waals surface area contributed by atoms with Crippen LogP contribution in [0.3, 0.4) is 0 Å². The predicted octanol–water partition coefficient (Wildman–Crippen LogP) is 3.05. The van der Waals surface area contributed by atoms with E-state index in [-0.39, 0.29) is 18.0 Å². The molecule has 2 rings (SSSR count). The zero-order valence-electron chi connectivity index (χ0n) is 11.4. The van der Waals surface area contributed by atoms with Crippen LogP contribution in [0.5, 0.6) is 5.75 Å². The fourth-order valence-corrected chi connectivity index (χ4v) is 2.02. The van der Waals surface area contributed by atoms with Crippen LogP contribution in [-0.2, 0) is 13.2 Å². The summed E-state index contributed by atoms with van der Waals surface area (Å²) in [7, 11) is 1.79. The number of nitrogens with one attached hydrogen (secondary N) is 1. The summed E-state index contributed by atoms with van der Waals surface area (Å²) >= 11 is 3.30. The van der Waals surface area contributed by atoms with Gasteiger partial charge in [0.1, 0.15) is 6.61 Å². The van der Waals surface area contributed by atoms with E-state index in [1.807, 2.05) is 6.07 Å². The quantitative estimate of drug-likeness (QED) is 0.639. The van der Waals surface area contributed by atoms with Gasteiger partial charge in [-0.2, -0.15) is 0 Å². The molecule has 0 fully saturated rings. The number of aromatic nitrogens is 1. The van der Waals surface area contributed by atoms with Gasteiger partial charge < -0.3 is 10.1 Å².